The highest BCUT2D eigenvalue weighted by molar-refractivity contribution is 4.94. The van der Waals surface area contributed by atoms with Gasteiger partial charge in [-0.3, -0.25) is 4.90 Å². The molecule has 0 aliphatic heterocycles. The van der Waals surface area contributed by atoms with Crippen LogP contribution >= 0.6 is 0 Å². The number of nitrogens with one attached hydrogen (secondary N) is 1. The van der Waals surface area contributed by atoms with Crippen LogP contribution in [-0.2, 0) is 0 Å². The molecule has 1 N–H and O–H groups in total. The van der Waals surface area contributed by atoms with Crippen molar-refractivity contribution in [2.45, 2.75) is 97.2 Å². The zero-order chi connectivity index (χ0) is 15.2. The third-order valence-electron chi connectivity index (χ3n) is 5.76. The molecule has 3 atom stereocenters. The van der Waals surface area contributed by atoms with Gasteiger partial charge in [0.2, 0.25) is 0 Å². The van der Waals surface area contributed by atoms with Crippen LogP contribution in [0.15, 0.2) is 0 Å². The third kappa shape index (κ3) is 4.69. The van der Waals surface area contributed by atoms with Gasteiger partial charge in [-0.2, -0.15) is 0 Å². The first-order valence-electron chi connectivity index (χ1n) is 9.64. The summed E-state index contributed by atoms with van der Waals surface area (Å²) in [5.41, 5.74) is 0. The van der Waals surface area contributed by atoms with Crippen LogP contribution in [0.5, 0.6) is 0 Å². The maximum atomic E-state index is 3.81. The Kier molecular flexibility index (Phi) is 7.01. The number of hydrogen-bond donors (Lipinski definition) is 1. The van der Waals surface area contributed by atoms with Gasteiger partial charge in [0.05, 0.1) is 0 Å². The molecule has 2 nitrogen and oxygen atoms in total. The molecular weight excluding hydrogens is 256 g/mol. The Morgan fingerprint density at radius 3 is 2.33 bits per heavy atom. The van der Waals surface area contributed by atoms with Crippen molar-refractivity contribution in [1.82, 2.24) is 10.2 Å². The molecule has 0 spiro atoms. The third-order valence-corrected chi connectivity index (χ3v) is 5.76. The molecule has 0 amide bonds. The second-order valence-electron chi connectivity index (χ2n) is 7.85. The van der Waals surface area contributed by atoms with E-state index in [4.69, 9.17) is 0 Å². The Balaban J connectivity index is 2.11. The number of hydrogen-bond acceptors (Lipinski definition) is 2. The van der Waals surface area contributed by atoms with Crippen molar-refractivity contribution in [3.05, 3.63) is 0 Å². The molecule has 2 fully saturated rings. The van der Waals surface area contributed by atoms with E-state index in [-0.39, 0.29) is 0 Å². The number of likely N-dealkylation sites (N-methyl/N-ethyl adjacent to an activating group) is 1. The molecule has 0 saturated heterocycles. The SMILES string of the molecule is CCNC1CCC(CC)CC1N(CC(C)C)C1CCCC1. The topological polar surface area (TPSA) is 15.3 Å². The van der Waals surface area contributed by atoms with Crippen LogP contribution in [-0.4, -0.2) is 36.1 Å². The van der Waals surface area contributed by atoms with Crippen LogP contribution in [0.25, 0.3) is 0 Å². The normalized spacial score (nSPS) is 31.4. The molecular formula is C19H38N2. The van der Waals surface area contributed by atoms with E-state index < -0.39 is 0 Å². The van der Waals surface area contributed by atoms with Crippen LogP contribution in [0.3, 0.4) is 0 Å². The number of nitrogens with zero attached hydrogens (tertiary/aromatic N) is 1. The molecule has 2 aliphatic rings. The predicted molar refractivity (Wildman–Crippen MR) is 92.7 cm³/mol. The lowest BCUT2D eigenvalue weighted by atomic mass is 9.79. The first-order valence-corrected chi connectivity index (χ1v) is 9.64. The predicted octanol–water partition coefficient (Wildman–Crippen LogP) is 4.44. The lowest BCUT2D eigenvalue weighted by Gasteiger charge is -2.46. The maximum Gasteiger partial charge on any atom is 0.0255 e. The maximum absolute atomic E-state index is 3.81. The summed E-state index contributed by atoms with van der Waals surface area (Å²) in [6.45, 7) is 11.9. The van der Waals surface area contributed by atoms with E-state index in [1.807, 2.05) is 0 Å². The van der Waals surface area contributed by atoms with Gasteiger partial charge in [0.25, 0.3) is 0 Å². The van der Waals surface area contributed by atoms with Crippen LogP contribution in [0.1, 0.15) is 79.1 Å². The van der Waals surface area contributed by atoms with Gasteiger partial charge in [-0.05, 0) is 50.5 Å². The summed E-state index contributed by atoms with van der Waals surface area (Å²) in [7, 11) is 0. The fourth-order valence-corrected chi connectivity index (χ4v) is 4.68. The van der Waals surface area contributed by atoms with Gasteiger partial charge in [0.1, 0.15) is 0 Å². The first kappa shape index (κ1) is 17.3. The average molecular weight is 295 g/mol. The zero-order valence-electron chi connectivity index (χ0n) is 14.9. The molecule has 0 bridgehead atoms. The van der Waals surface area contributed by atoms with Crippen LogP contribution in [0.2, 0.25) is 0 Å². The quantitative estimate of drug-likeness (QED) is 0.746. The summed E-state index contributed by atoms with van der Waals surface area (Å²) in [5, 5.41) is 3.81. The summed E-state index contributed by atoms with van der Waals surface area (Å²) in [4.78, 5) is 2.94. The molecule has 124 valence electrons. The molecule has 0 aromatic heterocycles. The minimum Gasteiger partial charge on any atom is -0.313 e. The highest BCUT2D eigenvalue weighted by Crippen LogP contribution is 2.35. The largest absolute Gasteiger partial charge is 0.313 e. The molecule has 21 heavy (non-hydrogen) atoms. The summed E-state index contributed by atoms with van der Waals surface area (Å²) in [6.07, 6.45) is 11.4. The Hall–Kier alpha value is -0.0800. The van der Waals surface area contributed by atoms with Crippen LogP contribution in [0, 0.1) is 11.8 Å². The van der Waals surface area contributed by atoms with Gasteiger partial charge < -0.3 is 5.32 Å². The van der Waals surface area contributed by atoms with Crippen molar-refractivity contribution < 1.29 is 0 Å². The van der Waals surface area contributed by atoms with Crippen LogP contribution < -0.4 is 5.32 Å². The lowest BCUT2D eigenvalue weighted by molar-refractivity contribution is 0.0509. The van der Waals surface area contributed by atoms with E-state index in [1.165, 1.54) is 57.9 Å². The highest BCUT2D eigenvalue weighted by Gasteiger charge is 2.37. The van der Waals surface area contributed by atoms with E-state index in [0.29, 0.717) is 0 Å². The van der Waals surface area contributed by atoms with Crippen LogP contribution in [0.4, 0.5) is 0 Å². The van der Waals surface area contributed by atoms with Gasteiger partial charge in [-0.25, -0.2) is 0 Å². The van der Waals surface area contributed by atoms with Crippen molar-refractivity contribution in [1.29, 1.82) is 0 Å². The summed E-state index contributed by atoms with van der Waals surface area (Å²) >= 11 is 0. The van der Waals surface area contributed by atoms with E-state index in [9.17, 15) is 0 Å². The molecule has 0 radical (unpaired) electrons. The minimum absolute atomic E-state index is 0.733. The second-order valence-corrected chi connectivity index (χ2v) is 7.85. The monoisotopic (exact) mass is 294 g/mol. The van der Waals surface area contributed by atoms with Crippen molar-refractivity contribution in [2.75, 3.05) is 13.1 Å². The van der Waals surface area contributed by atoms with E-state index >= 15 is 0 Å². The molecule has 3 unspecified atom stereocenters. The minimum atomic E-state index is 0.733. The smallest absolute Gasteiger partial charge is 0.0255 e. The number of rotatable bonds is 7. The Bertz CT molecular complexity index is 283. The Morgan fingerprint density at radius 2 is 1.76 bits per heavy atom. The summed E-state index contributed by atoms with van der Waals surface area (Å²) < 4.78 is 0. The molecule has 2 heteroatoms. The van der Waals surface area contributed by atoms with Gasteiger partial charge in [0, 0.05) is 24.7 Å². The molecule has 0 heterocycles. The van der Waals surface area contributed by atoms with Gasteiger partial charge in [-0.1, -0.05) is 47.0 Å². The summed E-state index contributed by atoms with van der Waals surface area (Å²) in [5.74, 6) is 1.75. The van der Waals surface area contributed by atoms with Gasteiger partial charge in [0.15, 0.2) is 0 Å². The van der Waals surface area contributed by atoms with Crippen molar-refractivity contribution in [3.63, 3.8) is 0 Å². The molecule has 2 aliphatic carbocycles. The van der Waals surface area contributed by atoms with E-state index in [0.717, 1.165) is 36.5 Å². The second kappa shape index (κ2) is 8.53. The summed E-state index contributed by atoms with van der Waals surface area (Å²) in [6, 6.07) is 2.39. The zero-order valence-corrected chi connectivity index (χ0v) is 14.9. The highest BCUT2D eigenvalue weighted by atomic mass is 15.2. The molecule has 0 aromatic carbocycles. The van der Waals surface area contributed by atoms with Crippen molar-refractivity contribution in [3.8, 4) is 0 Å². The molecule has 2 rings (SSSR count). The average Bonchev–Trinajstić information content (AvgIpc) is 2.99. The first-order chi connectivity index (χ1) is 10.2. The van der Waals surface area contributed by atoms with Crippen molar-refractivity contribution in [2.24, 2.45) is 11.8 Å². The van der Waals surface area contributed by atoms with E-state index in [2.05, 4.69) is 37.9 Å². The van der Waals surface area contributed by atoms with E-state index in [1.54, 1.807) is 0 Å². The Morgan fingerprint density at radius 1 is 1.05 bits per heavy atom. The van der Waals surface area contributed by atoms with Gasteiger partial charge in [-0.15, -0.1) is 0 Å². The standard InChI is InChI=1S/C19H38N2/c1-5-16-11-12-18(20-6-2)19(13-16)21(14-15(3)4)17-9-7-8-10-17/h15-20H,5-14H2,1-4H3. The fraction of sp³-hybridized carbons (Fsp3) is 1.00. The molecule has 0 aromatic rings. The van der Waals surface area contributed by atoms with Crippen molar-refractivity contribution >= 4 is 0 Å². The Labute approximate surface area is 133 Å². The molecule has 2 saturated carbocycles. The lowest BCUT2D eigenvalue weighted by Crippen LogP contribution is -2.56. The fourth-order valence-electron chi connectivity index (χ4n) is 4.68. The van der Waals surface area contributed by atoms with Gasteiger partial charge >= 0.3 is 0 Å².